The average molecular weight is 1050 g/mol. The fourth-order valence-corrected chi connectivity index (χ4v) is 9.86. The number of hydrogen-bond donors (Lipinski definition) is 0. The average Bonchev–Trinajstić information content (AvgIpc) is 4.09. The summed E-state index contributed by atoms with van der Waals surface area (Å²) in [4.78, 5) is 4.92. The number of rotatable bonds is 7. The Hall–Kier alpha value is -7.11. The maximum Gasteiger partial charge on any atom is 0.268 e. The summed E-state index contributed by atoms with van der Waals surface area (Å²) >= 11 is 1.77. The van der Waals surface area contributed by atoms with Gasteiger partial charge in [-0.25, -0.2) is 4.98 Å². The Bertz CT molecular complexity index is 4230. The fraction of sp³-hybridized carbons (Fsp3) is 0.0690. The van der Waals surface area contributed by atoms with Crippen LogP contribution in [0.3, 0.4) is 0 Å². The minimum absolute atomic E-state index is 0. The van der Waals surface area contributed by atoms with Crippen molar-refractivity contribution in [2.24, 2.45) is 0 Å². The summed E-state index contributed by atoms with van der Waals surface area (Å²) in [6.07, 6.45) is 5.27. The van der Waals surface area contributed by atoms with Crippen molar-refractivity contribution in [2.45, 2.75) is 26.2 Å². The first kappa shape index (κ1) is 30.9. The van der Waals surface area contributed by atoms with Crippen LogP contribution in [-0.2, 0) is 26.5 Å². The molecule has 0 spiro atoms. The molecule has 12 aromatic rings. The van der Waals surface area contributed by atoms with E-state index >= 15 is 0 Å². The zero-order chi connectivity index (χ0) is 51.6. The molecule has 7 heteroatoms. The molecule has 65 heavy (non-hydrogen) atoms. The van der Waals surface area contributed by atoms with Crippen LogP contribution in [0.5, 0.6) is 11.5 Å². The molecule has 0 aliphatic carbocycles. The van der Waals surface area contributed by atoms with Gasteiger partial charge >= 0.3 is 0 Å². The first-order valence-electron chi connectivity index (χ1n) is 25.7. The predicted octanol–water partition coefficient (Wildman–Crippen LogP) is 14.6. The molecule has 4 heterocycles. The van der Waals surface area contributed by atoms with Crippen LogP contribution < -0.4 is 9.30 Å². The molecule has 8 aromatic carbocycles. The number of aromatic nitrogens is 4. The second-order valence-electron chi connectivity index (χ2n) is 16.5. The summed E-state index contributed by atoms with van der Waals surface area (Å²) in [6.45, 7) is 6.54. The summed E-state index contributed by atoms with van der Waals surface area (Å²) in [5, 5.41) is 4.48. The Balaban J connectivity index is 0.00000602. The van der Waals surface area contributed by atoms with Crippen molar-refractivity contribution >= 4 is 64.3 Å². The van der Waals surface area contributed by atoms with Crippen LogP contribution in [0.25, 0.3) is 92.5 Å². The zero-order valence-electron chi connectivity index (χ0n) is 45.0. The third-order valence-electron chi connectivity index (χ3n) is 11.6. The van der Waals surface area contributed by atoms with Gasteiger partial charge in [0.15, 0.2) is 0 Å². The van der Waals surface area contributed by atoms with Gasteiger partial charge in [-0.05, 0) is 68.6 Å². The number of hydrogen-bond acceptors (Lipinski definition) is 3. The van der Waals surface area contributed by atoms with E-state index in [0.717, 1.165) is 33.2 Å². The van der Waals surface area contributed by atoms with Gasteiger partial charge < -0.3 is 13.9 Å². The number of thiophene rings is 1. The molecule has 0 fully saturated rings. The van der Waals surface area contributed by atoms with Crippen molar-refractivity contribution in [3.05, 3.63) is 212 Å². The van der Waals surface area contributed by atoms with Gasteiger partial charge in [-0.1, -0.05) is 153 Å². The first-order chi connectivity index (χ1) is 35.5. The molecule has 0 bridgehead atoms. The second kappa shape index (κ2) is 16.2. The van der Waals surface area contributed by atoms with E-state index in [9.17, 15) is 0 Å². The van der Waals surface area contributed by atoms with Crippen LogP contribution >= 0.6 is 11.3 Å². The number of pyridine rings is 1. The van der Waals surface area contributed by atoms with Gasteiger partial charge in [0.05, 0.1) is 30.4 Å². The molecule has 0 saturated carbocycles. The normalized spacial score (nSPS) is 14.0. The predicted molar refractivity (Wildman–Crippen MR) is 262 cm³/mol. The Kier molecular flexibility index (Phi) is 7.67. The minimum Gasteiger partial charge on any atom is -0.510 e. The molecule has 0 aliphatic rings. The van der Waals surface area contributed by atoms with Crippen LogP contribution in [0.2, 0.25) is 0 Å². The van der Waals surface area contributed by atoms with E-state index in [0.29, 0.717) is 28.2 Å². The zero-order valence-corrected chi connectivity index (χ0v) is 38.1. The number of ether oxygens (including phenoxy) is 1. The third kappa shape index (κ3) is 6.96. The number of fused-ring (bicyclic) bond motifs is 8. The summed E-state index contributed by atoms with van der Waals surface area (Å²) in [5.41, 5.74) is 4.60. The van der Waals surface area contributed by atoms with Crippen LogP contribution in [0.4, 0.5) is 0 Å². The third-order valence-corrected chi connectivity index (χ3v) is 12.8. The Morgan fingerprint density at radius 1 is 0.662 bits per heavy atom. The van der Waals surface area contributed by atoms with E-state index < -0.39 is 60.4 Å². The van der Waals surface area contributed by atoms with Crippen molar-refractivity contribution in [3.63, 3.8) is 0 Å². The molecule has 0 aliphatic heterocycles. The molecular weight excluding hydrogens is 996 g/mol. The molecular formula is C58H40N4OPtS-2. The largest absolute Gasteiger partial charge is 0.510 e. The maximum absolute atomic E-state index is 9.04. The van der Waals surface area contributed by atoms with Crippen LogP contribution in [0, 0.1) is 18.5 Å². The quantitative estimate of drug-likeness (QED) is 0.118. The van der Waals surface area contributed by atoms with Gasteiger partial charge in [0, 0.05) is 64.5 Å². The second-order valence-corrected chi connectivity index (χ2v) is 17.5. The summed E-state index contributed by atoms with van der Waals surface area (Å²) in [6, 6.07) is 40.2. The molecule has 0 saturated heterocycles. The number of benzene rings is 8. The molecule has 0 radical (unpaired) electrons. The van der Waals surface area contributed by atoms with E-state index in [2.05, 4.69) is 92.3 Å². The maximum atomic E-state index is 9.04. The molecule has 0 amide bonds. The standard InChI is InChI=1S/C58H40N4OS.Pt/c1-58(2,3)40-32-33-59-54(34-40)62-51-31-30-47-46-22-10-13-27-53(46)64-57(47)55(51)48-29-28-43(36-52(48)62)63-42-21-14-20-41(35-42)60-37-61(50-26-12-11-25-49(50)60)56-44(38-16-6-4-7-17-38)23-15-24-45(56)39-18-8-5-9-19-39;/h4-34H,1-3H3;/q-2;/i4D,5D,6D,7D,8D,9D,16D,17D,18D,19D;. The molecule has 0 unspecified atom stereocenters. The number of para-hydroxylation sites is 3. The van der Waals surface area contributed by atoms with Gasteiger partial charge in [-0.3, -0.25) is 4.57 Å². The van der Waals surface area contributed by atoms with E-state index in [1.807, 2.05) is 54.7 Å². The van der Waals surface area contributed by atoms with E-state index in [1.54, 1.807) is 44.7 Å². The number of nitrogens with zero attached hydrogens (tertiary/aromatic N) is 4. The SMILES string of the molecule is [2H]c1c([2H])c([2H])c(-c2cccc(-c3c([2H])c([2H])c([2H])c([2H])c3[2H])c2-[n+]2[c-]n(-c3[c-]c(Oc4[c-]c5c(cc4)c4c6sc7ccccc7c6ccc4n5-c4cc(C(C)(C)C)ccn4)ccc3)c3ccccc32)c([2H])c1[2H].[Pt]. The van der Waals surface area contributed by atoms with Crippen molar-refractivity contribution in [1.29, 1.82) is 0 Å². The molecule has 316 valence electrons. The smallest absolute Gasteiger partial charge is 0.268 e. The Labute approximate surface area is 409 Å². The molecule has 0 N–H and O–H groups in total. The monoisotopic (exact) mass is 1050 g/mol. The van der Waals surface area contributed by atoms with Gasteiger partial charge in [0.1, 0.15) is 5.82 Å². The first-order valence-corrected chi connectivity index (χ1v) is 21.5. The molecule has 4 aromatic heterocycles. The van der Waals surface area contributed by atoms with Crippen LogP contribution in [-0.4, -0.2) is 14.1 Å². The van der Waals surface area contributed by atoms with Crippen LogP contribution in [0.15, 0.2) is 188 Å². The molecule has 12 rings (SSSR count). The van der Waals surface area contributed by atoms with Crippen molar-refractivity contribution in [3.8, 4) is 50.9 Å². The van der Waals surface area contributed by atoms with E-state index in [4.69, 9.17) is 23.4 Å². The summed E-state index contributed by atoms with van der Waals surface area (Å²) in [7, 11) is 0. The van der Waals surface area contributed by atoms with Gasteiger partial charge in [0.2, 0.25) is 0 Å². The van der Waals surface area contributed by atoms with Gasteiger partial charge in [0.25, 0.3) is 6.33 Å². The van der Waals surface area contributed by atoms with Crippen LogP contribution in [0.1, 0.15) is 40.0 Å². The van der Waals surface area contributed by atoms with Crippen molar-refractivity contribution in [1.82, 2.24) is 14.1 Å². The fourth-order valence-electron chi connectivity index (χ4n) is 8.60. The Morgan fingerprint density at radius 2 is 1.35 bits per heavy atom. The minimum atomic E-state index is -0.572. The topological polar surface area (TPSA) is 35.9 Å². The molecule has 5 nitrogen and oxygen atoms in total. The van der Waals surface area contributed by atoms with Gasteiger partial charge in [-0.2, -0.15) is 18.2 Å². The Morgan fingerprint density at radius 3 is 2.12 bits per heavy atom. The van der Waals surface area contributed by atoms with Crippen molar-refractivity contribution < 1.29 is 44.1 Å². The summed E-state index contributed by atoms with van der Waals surface area (Å²) < 4.78 is 102. The summed E-state index contributed by atoms with van der Waals surface area (Å²) in [5.74, 6) is 1.55. The van der Waals surface area contributed by atoms with Gasteiger partial charge in [-0.15, -0.1) is 41.0 Å². The number of imidazole rings is 1. The van der Waals surface area contributed by atoms with E-state index in [-0.39, 0.29) is 54.4 Å². The van der Waals surface area contributed by atoms with Crippen molar-refractivity contribution in [2.75, 3.05) is 0 Å². The molecule has 0 atom stereocenters. The van der Waals surface area contributed by atoms with E-state index in [1.165, 1.54) is 20.2 Å².